The van der Waals surface area contributed by atoms with E-state index in [1.807, 2.05) is 25.1 Å². The predicted molar refractivity (Wildman–Crippen MR) is 63.0 cm³/mol. The van der Waals surface area contributed by atoms with Gasteiger partial charge in [0.2, 0.25) is 5.91 Å². The average Bonchev–Trinajstić information content (AvgIpc) is 2.77. The van der Waals surface area contributed by atoms with E-state index in [4.69, 9.17) is 5.73 Å². The van der Waals surface area contributed by atoms with E-state index in [0.717, 1.165) is 16.6 Å². The van der Waals surface area contributed by atoms with E-state index in [1.165, 1.54) is 0 Å². The lowest BCUT2D eigenvalue weighted by atomic mass is 10.2. The quantitative estimate of drug-likeness (QED) is 0.724. The van der Waals surface area contributed by atoms with Gasteiger partial charge >= 0.3 is 0 Å². The summed E-state index contributed by atoms with van der Waals surface area (Å²) in [5, 5.41) is 10.5. The number of fused-ring (bicyclic) bond motifs is 1. The molecule has 0 spiro atoms. The van der Waals surface area contributed by atoms with E-state index >= 15 is 0 Å². The molecule has 0 unspecified atom stereocenters. The zero-order chi connectivity index (χ0) is 11.5. The lowest BCUT2D eigenvalue weighted by molar-refractivity contribution is -0.117. The third kappa shape index (κ3) is 1.90. The maximum Gasteiger partial charge on any atom is 0.241 e. The predicted octanol–water partition coefficient (Wildman–Crippen LogP) is 1.24. The van der Waals surface area contributed by atoms with E-state index in [2.05, 4.69) is 15.5 Å². The third-order valence-electron chi connectivity index (χ3n) is 2.52. The maximum atomic E-state index is 11.6. The summed E-state index contributed by atoms with van der Waals surface area (Å²) in [4.78, 5) is 11.6. The Morgan fingerprint density at radius 3 is 3.19 bits per heavy atom. The summed E-state index contributed by atoms with van der Waals surface area (Å²) in [6.07, 6.45) is 2.30. The van der Waals surface area contributed by atoms with E-state index < -0.39 is 6.04 Å². The molecule has 1 aromatic heterocycles. The number of rotatable bonds is 3. The van der Waals surface area contributed by atoms with E-state index in [-0.39, 0.29) is 5.91 Å². The summed E-state index contributed by atoms with van der Waals surface area (Å²) in [7, 11) is 0. The maximum absolute atomic E-state index is 11.6. The first kappa shape index (κ1) is 10.6. The van der Waals surface area contributed by atoms with Crippen LogP contribution in [0.1, 0.15) is 13.3 Å². The van der Waals surface area contributed by atoms with Gasteiger partial charge in [0.25, 0.3) is 0 Å². The number of H-pyrrole nitrogens is 1. The molecule has 0 aliphatic rings. The molecule has 16 heavy (non-hydrogen) atoms. The Morgan fingerprint density at radius 2 is 2.44 bits per heavy atom. The summed E-state index contributed by atoms with van der Waals surface area (Å²) in [5.74, 6) is -0.170. The second kappa shape index (κ2) is 4.32. The number of benzene rings is 1. The van der Waals surface area contributed by atoms with Crippen LogP contribution in [-0.2, 0) is 4.79 Å². The highest BCUT2D eigenvalue weighted by atomic mass is 16.2. The van der Waals surface area contributed by atoms with E-state index in [0.29, 0.717) is 6.42 Å². The first-order valence-electron chi connectivity index (χ1n) is 5.21. The van der Waals surface area contributed by atoms with Crippen molar-refractivity contribution in [3.63, 3.8) is 0 Å². The molecule has 2 rings (SSSR count). The highest BCUT2D eigenvalue weighted by molar-refractivity contribution is 6.02. The van der Waals surface area contributed by atoms with Crippen LogP contribution in [0, 0.1) is 0 Å². The standard InChI is InChI=1S/C11H14N4O/c1-2-8(12)11(16)14-9-4-3-5-10-7(9)6-13-15-10/h3-6,8H,2,12H2,1H3,(H,13,15)(H,14,16)/t8-/m0/s1. The summed E-state index contributed by atoms with van der Waals surface area (Å²) in [6, 6.07) is 5.12. The van der Waals surface area contributed by atoms with Crippen molar-refractivity contribution in [3.05, 3.63) is 24.4 Å². The zero-order valence-corrected chi connectivity index (χ0v) is 9.03. The molecule has 0 saturated heterocycles. The number of hydrogen-bond donors (Lipinski definition) is 3. The number of nitrogens with zero attached hydrogens (tertiary/aromatic N) is 1. The molecule has 2 aromatic rings. The minimum absolute atomic E-state index is 0.170. The van der Waals surface area contributed by atoms with Crippen LogP contribution >= 0.6 is 0 Å². The molecule has 0 bridgehead atoms. The van der Waals surface area contributed by atoms with Gasteiger partial charge in [0, 0.05) is 5.39 Å². The van der Waals surface area contributed by atoms with Gasteiger partial charge in [-0.1, -0.05) is 13.0 Å². The monoisotopic (exact) mass is 218 g/mol. The van der Waals surface area contributed by atoms with Crippen molar-refractivity contribution < 1.29 is 4.79 Å². The lowest BCUT2D eigenvalue weighted by Crippen LogP contribution is -2.34. The second-order valence-corrected chi connectivity index (χ2v) is 3.64. The van der Waals surface area contributed by atoms with Crippen molar-refractivity contribution in [2.24, 2.45) is 5.73 Å². The summed E-state index contributed by atoms with van der Waals surface area (Å²) < 4.78 is 0. The van der Waals surface area contributed by atoms with Gasteiger partial charge < -0.3 is 11.1 Å². The Labute approximate surface area is 93.0 Å². The molecule has 0 saturated carbocycles. The minimum atomic E-state index is -0.470. The van der Waals surface area contributed by atoms with E-state index in [9.17, 15) is 4.79 Å². The first-order chi connectivity index (χ1) is 7.72. The molecule has 4 N–H and O–H groups in total. The molecule has 84 valence electrons. The molecule has 1 aromatic carbocycles. The fourth-order valence-electron chi connectivity index (χ4n) is 1.49. The second-order valence-electron chi connectivity index (χ2n) is 3.64. The molecule has 0 aliphatic carbocycles. The van der Waals surface area contributed by atoms with Crippen LogP contribution in [0.3, 0.4) is 0 Å². The zero-order valence-electron chi connectivity index (χ0n) is 9.03. The summed E-state index contributed by atoms with van der Waals surface area (Å²) in [6.45, 7) is 1.88. The van der Waals surface area contributed by atoms with Gasteiger partial charge in [-0.15, -0.1) is 0 Å². The van der Waals surface area contributed by atoms with Crippen molar-refractivity contribution >= 4 is 22.5 Å². The summed E-state index contributed by atoms with van der Waals surface area (Å²) in [5.41, 5.74) is 7.28. The van der Waals surface area contributed by atoms with Crippen LogP contribution in [0.25, 0.3) is 10.9 Å². The number of nitrogens with one attached hydrogen (secondary N) is 2. The van der Waals surface area contributed by atoms with Gasteiger partial charge in [0.15, 0.2) is 0 Å². The van der Waals surface area contributed by atoms with Gasteiger partial charge in [-0.25, -0.2) is 0 Å². The number of carbonyl (C=O) groups is 1. The molecule has 0 aliphatic heterocycles. The van der Waals surface area contributed by atoms with Crippen LogP contribution in [-0.4, -0.2) is 22.1 Å². The molecule has 5 nitrogen and oxygen atoms in total. The molecule has 1 atom stereocenters. The van der Waals surface area contributed by atoms with Crippen LogP contribution < -0.4 is 11.1 Å². The molecule has 1 heterocycles. The fraction of sp³-hybridized carbons (Fsp3) is 0.273. The van der Waals surface area contributed by atoms with Gasteiger partial charge in [0.1, 0.15) is 0 Å². The summed E-state index contributed by atoms with van der Waals surface area (Å²) >= 11 is 0. The molecular weight excluding hydrogens is 204 g/mol. The Kier molecular flexibility index (Phi) is 2.87. The van der Waals surface area contributed by atoms with Gasteiger partial charge in [0.05, 0.1) is 23.4 Å². The van der Waals surface area contributed by atoms with Crippen LogP contribution in [0.4, 0.5) is 5.69 Å². The largest absolute Gasteiger partial charge is 0.324 e. The number of aromatic amines is 1. The van der Waals surface area contributed by atoms with Crippen LogP contribution in [0.15, 0.2) is 24.4 Å². The Morgan fingerprint density at radius 1 is 1.62 bits per heavy atom. The minimum Gasteiger partial charge on any atom is -0.324 e. The van der Waals surface area contributed by atoms with Gasteiger partial charge in [-0.05, 0) is 18.6 Å². The number of anilines is 1. The number of aromatic nitrogens is 2. The van der Waals surface area contributed by atoms with Crippen molar-refractivity contribution in [2.75, 3.05) is 5.32 Å². The van der Waals surface area contributed by atoms with Gasteiger partial charge in [-0.3, -0.25) is 9.89 Å². The van der Waals surface area contributed by atoms with Crippen molar-refractivity contribution in [1.29, 1.82) is 0 Å². The van der Waals surface area contributed by atoms with Crippen molar-refractivity contribution in [2.45, 2.75) is 19.4 Å². The number of nitrogens with two attached hydrogens (primary N) is 1. The van der Waals surface area contributed by atoms with Crippen LogP contribution in [0.2, 0.25) is 0 Å². The topological polar surface area (TPSA) is 83.8 Å². The molecule has 0 fully saturated rings. The normalized spacial score (nSPS) is 12.6. The first-order valence-corrected chi connectivity index (χ1v) is 5.21. The Hall–Kier alpha value is -1.88. The lowest BCUT2D eigenvalue weighted by Gasteiger charge is -2.10. The SMILES string of the molecule is CC[C@H](N)C(=O)Nc1cccc2[nH]ncc12. The van der Waals surface area contributed by atoms with Gasteiger partial charge in [-0.2, -0.15) is 5.10 Å². The smallest absolute Gasteiger partial charge is 0.241 e. The Balaban J connectivity index is 2.27. The molecule has 1 amide bonds. The number of hydrogen-bond acceptors (Lipinski definition) is 3. The van der Waals surface area contributed by atoms with Crippen molar-refractivity contribution in [1.82, 2.24) is 10.2 Å². The third-order valence-corrected chi connectivity index (χ3v) is 2.52. The molecule has 5 heteroatoms. The number of carbonyl (C=O) groups excluding carboxylic acids is 1. The van der Waals surface area contributed by atoms with Crippen molar-refractivity contribution in [3.8, 4) is 0 Å². The highest BCUT2D eigenvalue weighted by Crippen LogP contribution is 2.20. The Bertz CT molecular complexity index is 505. The fourth-order valence-corrected chi connectivity index (χ4v) is 1.49. The molecular formula is C11H14N4O. The van der Waals surface area contributed by atoms with E-state index in [1.54, 1.807) is 6.20 Å². The highest BCUT2D eigenvalue weighted by Gasteiger charge is 2.12. The molecule has 0 radical (unpaired) electrons. The average molecular weight is 218 g/mol. The number of amides is 1. The van der Waals surface area contributed by atoms with Crippen LogP contribution in [0.5, 0.6) is 0 Å².